The van der Waals surface area contributed by atoms with E-state index >= 15 is 0 Å². The maximum absolute atomic E-state index is 12.6. The number of hydrogen-bond donors (Lipinski definition) is 2. The normalized spacial score (nSPS) is 19.4. The molecule has 1 aromatic heterocycles. The van der Waals surface area contributed by atoms with Gasteiger partial charge in [-0.1, -0.05) is 18.2 Å². The van der Waals surface area contributed by atoms with Gasteiger partial charge in [0, 0.05) is 7.05 Å². The number of amides is 1. The summed E-state index contributed by atoms with van der Waals surface area (Å²) < 4.78 is 3.13. The number of benzene rings is 1. The molecule has 2 N–H and O–H groups in total. The van der Waals surface area contributed by atoms with Crippen molar-refractivity contribution in [3.05, 3.63) is 46.4 Å². The first kappa shape index (κ1) is 15.1. The fourth-order valence-corrected chi connectivity index (χ4v) is 2.69. The van der Waals surface area contributed by atoms with Gasteiger partial charge in [0.15, 0.2) is 0 Å². The molecule has 1 aliphatic rings. The van der Waals surface area contributed by atoms with E-state index in [1.165, 1.54) is 4.68 Å². The van der Waals surface area contributed by atoms with E-state index in [1.54, 1.807) is 30.8 Å². The first-order valence-electron chi connectivity index (χ1n) is 7.29. The predicted octanol–water partition coefficient (Wildman–Crippen LogP) is 1.14. The van der Waals surface area contributed by atoms with Crippen molar-refractivity contribution in [2.24, 2.45) is 18.9 Å². The van der Waals surface area contributed by atoms with E-state index in [4.69, 9.17) is 5.11 Å². The molecule has 120 valence electrons. The molecule has 1 saturated carbocycles. The third kappa shape index (κ3) is 2.54. The molecular weight excluding hydrogens is 298 g/mol. The number of para-hydroxylation sites is 1. The van der Waals surface area contributed by atoms with Crippen molar-refractivity contribution in [3.8, 4) is 5.69 Å². The number of aliphatic carboxylic acids is 1. The Balaban J connectivity index is 1.91. The van der Waals surface area contributed by atoms with Gasteiger partial charge in [-0.15, -0.1) is 0 Å². The van der Waals surface area contributed by atoms with Crippen LogP contribution in [0.15, 0.2) is 35.1 Å². The standard InChI is InChI=1S/C16H17N3O4/c1-9-13(17-14(20)11-8-12(11)16(22)23)15(21)19(18(9)2)10-6-4-3-5-7-10/h3-7,11-12H,8H2,1-2H3,(H,17,20)(H,22,23)/t11-,12-/m1/s1. The zero-order chi connectivity index (χ0) is 16.7. The summed E-state index contributed by atoms with van der Waals surface area (Å²) in [6, 6.07) is 9.10. The van der Waals surface area contributed by atoms with Gasteiger partial charge >= 0.3 is 5.97 Å². The Hall–Kier alpha value is -2.83. The fourth-order valence-electron chi connectivity index (χ4n) is 2.69. The molecule has 0 spiro atoms. The van der Waals surface area contributed by atoms with Crippen LogP contribution in [0.25, 0.3) is 5.69 Å². The molecule has 2 aromatic rings. The molecular formula is C16H17N3O4. The summed E-state index contributed by atoms with van der Waals surface area (Å²) in [4.78, 5) is 35.6. The van der Waals surface area contributed by atoms with Gasteiger partial charge in [0.05, 0.1) is 23.2 Å². The molecule has 2 atom stereocenters. The minimum atomic E-state index is -0.975. The molecule has 0 aliphatic heterocycles. The number of nitrogens with one attached hydrogen (secondary N) is 1. The topological polar surface area (TPSA) is 93.3 Å². The van der Waals surface area contributed by atoms with Gasteiger partial charge in [-0.2, -0.15) is 0 Å². The second-order valence-electron chi connectivity index (χ2n) is 5.71. The Morgan fingerprint density at radius 1 is 1.22 bits per heavy atom. The highest BCUT2D eigenvalue weighted by Gasteiger charge is 2.48. The Bertz CT molecular complexity index is 835. The summed E-state index contributed by atoms with van der Waals surface area (Å²) in [5, 5.41) is 11.5. The molecule has 1 heterocycles. The van der Waals surface area contributed by atoms with E-state index in [0.29, 0.717) is 17.8 Å². The molecule has 0 radical (unpaired) electrons. The Morgan fingerprint density at radius 3 is 2.43 bits per heavy atom. The molecule has 1 fully saturated rings. The van der Waals surface area contributed by atoms with Gasteiger partial charge in [0.25, 0.3) is 5.56 Å². The summed E-state index contributed by atoms with van der Waals surface area (Å²) in [6.07, 6.45) is 0.319. The first-order valence-corrected chi connectivity index (χ1v) is 7.29. The van der Waals surface area contributed by atoms with E-state index in [1.807, 2.05) is 18.2 Å². The van der Waals surface area contributed by atoms with Gasteiger partial charge < -0.3 is 10.4 Å². The molecule has 0 unspecified atom stereocenters. The second kappa shape index (κ2) is 5.42. The molecule has 0 saturated heterocycles. The Labute approximate surface area is 132 Å². The van der Waals surface area contributed by atoms with Gasteiger partial charge in [0.2, 0.25) is 5.91 Å². The van der Waals surface area contributed by atoms with Crippen LogP contribution in [-0.2, 0) is 16.6 Å². The van der Waals surface area contributed by atoms with E-state index in [9.17, 15) is 14.4 Å². The van der Waals surface area contributed by atoms with Gasteiger partial charge in [-0.3, -0.25) is 19.1 Å². The van der Waals surface area contributed by atoms with Gasteiger partial charge in [0.1, 0.15) is 5.69 Å². The van der Waals surface area contributed by atoms with Gasteiger partial charge in [-0.05, 0) is 25.5 Å². The van der Waals surface area contributed by atoms with Crippen LogP contribution < -0.4 is 10.9 Å². The zero-order valence-corrected chi connectivity index (χ0v) is 12.8. The van der Waals surface area contributed by atoms with Crippen molar-refractivity contribution in [2.75, 3.05) is 5.32 Å². The van der Waals surface area contributed by atoms with E-state index in [0.717, 1.165) is 0 Å². The van der Waals surface area contributed by atoms with Crippen LogP contribution in [0.4, 0.5) is 5.69 Å². The average Bonchev–Trinajstić information content (AvgIpc) is 3.30. The number of carbonyl (C=O) groups is 2. The lowest BCUT2D eigenvalue weighted by Gasteiger charge is -2.07. The van der Waals surface area contributed by atoms with Crippen molar-refractivity contribution in [1.29, 1.82) is 0 Å². The number of rotatable bonds is 4. The summed E-state index contributed by atoms with van der Waals surface area (Å²) in [5.41, 5.74) is 1.16. The van der Waals surface area contributed by atoms with Crippen molar-refractivity contribution < 1.29 is 14.7 Å². The van der Waals surface area contributed by atoms with Crippen molar-refractivity contribution >= 4 is 17.6 Å². The molecule has 7 heteroatoms. The SMILES string of the molecule is Cc1c(NC(=O)[C@@H]2C[C@H]2C(=O)O)c(=O)n(-c2ccccc2)n1C. The van der Waals surface area contributed by atoms with Crippen LogP contribution in [0.2, 0.25) is 0 Å². The number of hydrogen-bond acceptors (Lipinski definition) is 3. The second-order valence-corrected chi connectivity index (χ2v) is 5.71. The van der Waals surface area contributed by atoms with Crippen molar-refractivity contribution in [1.82, 2.24) is 9.36 Å². The number of nitrogens with zero attached hydrogens (tertiary/aromatic N) is 2. The lowest BCUT2D eigenvalue weighted by Crippen LogP contribution is -2.24. The average molecular weight is 315 g/mol. The van der Waals surface area contributed by atoms with Crippen molar-refractivity contribution in [2.45, 2.75) is 13.3 Å². The number of anilines is 1. The van der Waals surface area contributed by atoms with Crippen LogP contribution in [0, 0.1) is 18.8 Å². The molecule has 1 amide bonds. The third-order valence-corrected chi connectivity index (χ3v) is 4.25. The monoisotopic (exact) mass is 315 g/mol. The Kier molecular flexibility index (Phi) is 3.55. The number of carboxylic acids is 1. The number of carboxylic acid groups (broad SMARTS) is 1. The summed E-state index contributed by atoms with van der Waals surface area (Å²) in [6.45, 7) is 1.73. The van der Waals surface area contributed by atoms with E-state index < -0.39 is 23.7 Å². The minimum Gasteiger partial charge on any atom is -0.481 e. The van der Waals surface area contributed by atoms with Gasteiger partial charge in [-0.25, -0.2) is 4.68 Å². The minimum absolute atomic E-state index is 0.192. The molecule has 23 heavy (non-hydrogen) atoms. The van der Waals surface area contributed by atoms with Crippen LogP contribution in [0.3, 0.4) is 0 Å². The molecule has 0 bridgehead atoms. The van der Waals surface area contributed by atoms with E-state index in [2.05, 4.69) is 5.32 Å². The zero-order valence-electron chi connectivity index (χ0n) is 12.8. The predicted molar refractivity (Wildman–Crippen MR) is 83.6 cm³/mol. The molecule has 1 aliphatic carbocycles. The molecule has 1 aromatic carbocycles. The van der Waals surface area contributed by atoms with Crippen LogP contribution >= 0.6 is 0 Å². The highest BCUT2D eigenvalue weighted by molar-refractivity contribution is 5.98. The lowest BCUT2D eigenvalue weighted by atomic mass is 10.3. The summed E-state index contributed by atoms with van der Waals surface area (Å²) >= 11 is 0. The number of aromatic nitrogens is 2. The highest BCUT2D eigenvalue weighted by Crippen LogP contribution is 2.39. The first-order chi connectivity index (χ1) is 10.9. The number of carbonyl (C=O) groups excluding carboxylic acids is 1. The van der Waals surface area contributed by atoms with Crippen molar-refractivity contribution in [3.63, 3.8) is 0 Å². The van der Waals surface area contributed by atoms with Crippen LogP contribution in [-0.4, -0.2) is 26.3 Å². The maximum Gasteiger partial charge on any atom is 0.307 e. The fraction of sp³-hybridized carbons (Fsp3) is 0.312. The maximum atomic E-state index is 12.6. The lowest BCUT2D eigenvalue weighted by molar-refractivity contribution is -0.139. The highest BCUT2D eigenvalue weighted by atomic mass is 16.4. The Morgan fingerprint density at radius 2 is 1.87 bits per heavy atom. The summed E-state index contributed by atoms with van der Waals surface area (Å²) in [5.74, 6) is -2.59. The van der Waals surface area contributed by atoms with E-state index in [-0.39, 0.29) is 11.2 Å². The third-order valence-electron chi connectivity index (χ3n) is 4.25. The molecule has 7 nitrogen and oxygen atoms in total. The molecule has 3 rings (SSSR count). The quantitative estimate of drug-likeness (QED) is 0.885. The largest absolute Gasteiger partial charge is 0.481 e. The van der Waals surface area contributed by atoms with Crippen LogP contribution in [0.1, 0.15) is 12.1 Å². The smallest absolute Gasteiger partial charge is 0.307 e. The van der Waals surface area contributed by atoms with Crippen LogP contribution in [0.5, 0.6) is 0 Å². The summed E-state index contributed by atoms with van der Waals surface area (Å²) in [7, 11) is 1.73.